The molecule has 0 bridgehead atoms. The topological polar surface area (TPSA) is 56.7 Å². The summed E-state index contributed by atoms with van der Waals surface area (Å²) in [6.45, 7) is 13.9. The number of aliphatic hydroxyl groups excluding tert-OH is 1. The van der Waals surface area contributed by atoms with Gasteiger partial charge in [-0.3, -0.25) is 4.99 Å². The normalized spacial score (nSPS) is 13.8. The first-order chi connectivity index (χ1) is 9.99. The highest BCUT2D eigenvalue weighted by Gasteiger charge is 2.10. The molecule has 21 heavy (non-hydrogen) atoms. The number of nitrogens with zero attached hydrogens (tertiary/aromatic N) is 1. The molecule has 0 rings (SSSR count). The Morgan fingerprint density at radius 2 is 1.76 bits per heavy atom. The molecule has 4 nitrogen and oxygen atoms in total. The lowest BCUT2D eigenvalue weighted by molar-refractivity contribution is 0.245. The lowest BCUT2D eigenvalue weighted by Gasteiger charge is -2.17. The van der Waals surface area contributed by atoms with Crippen molar-refractivity contribution in [3.05, 3.63) is 0 Å². The predicted octanol–water partition coefficient (Wildman–Crippen LogP) is 3.02. The van der Waals surface area contributed by atoms with Crippen LogP contribution in [-0.2, 0) is 0 Å². The average molecular weight is 300 g/mol. The van der Waals surface area contributed by atoms with Crippen molar-refractivity contribution >= 4 is 5.96 Å². The molecule has 3 N–H and O–H groups in total. The second-order valence-electron chi connectivity index (χ2n) is 6.69. The van der Waals surface area contributed by atoms with Gasteiger partial charge >= 0.3 is 0 Å². The van der Waals surface area contributed by atoms with E-state index in [1.54, 1.807) is 0 Å². The number of rotatable bonds is 11. The molecule has 0 heterocycles. The molecule has 0 aliphatic heterocycles. The van der Waals surface area contributed by atoms with Crippen LogP contribution >= 0.6 is 0 Å². The molecule has 1 unspecified atom stereocenters. The van der Waals surface area contributed by atoms with Gasteiger partial charge < -0.3 is 15.7 Å². The first-order valence-corrected chi connectivity index (χ1v) is 8.62. The summed E-state index contributed by atoms with van der Waals surface area (Å²) in [7, 11) is 0. The minimum Gasteiger partial charge on any atom is -0.396 e. The number of aliphatic hydroxyl groups is 1. The third kappa shape index (κ3) is 12.7. The van der Waals surface area contributed by atoms with E-state index in [2.05, 4.69) is 50.2 Å². The van der Waals surface area contributed by atoms with Gasteiger partial charge in [0.05, 0.1) is 0 Å². The van der Waals surface area contributed by atoms with Crippen molar-refractivity contribution in [2.45, 2.75) is 60.3 Å². The third-order valence-corrected chi connectivity index (χ3v) is 3.44. The average Bonchev–Trinajstić information content (AvgIpc) is 2.39. The molecule has 0 saturated carbocycles. The van der Waals surface area contributed by atoms with Gasteiger partial charge in [-0.2, -0.15) is 0 Å². The zero-order chi connectivity index (χ0) is 16.1. The van der Waals surface area contributed by atoms with Gasteiger partial charge in [-0.15, -0.1) is 0 Å². The zero-order valence-corrected chi connectivity index (χ0v) is 14.8. The van der Waals surface area contributed by atoms with Crippen molar-refractivity contribution in [2.75, 3.05) is 26.2 Å². The van der Waals surface area contributed by atoms with Crippen molar-refractivity contribution in [1.82, 2.24) is 10.6 Å². The molecule has 0 aliphatic carbocycles. The third-order valence-electron chi connectivity index (χ3n) is 3.44. The summed E-state index contributed by atoms with van der Waals surface area (Å²) >= 11 is 0. The van der Waals surface area contributed by atoms with E-state index in [-0.39, 0.29) is 6.61 Å². The Hall–Kier alpha value is -0.770. The minimum absolute atomic E-state index is 0.255. The molecular formula is C17H37N3O. The van der Waals surface area contributed by atoms with E-state index in [4.69, 9.17) is 5.11 Å². The Morgan fingerprint density at radius 1 is 1.05 bits per heavy atom. The van der Waals surface area contributed by atoms with Crippen LogP contribution in [0.1, 0.15) is 60.3 Å². The Bertz CT molecular complexity index is 265. The summed E-state index contributed by atoms with van der Waals surface area (Å²) in [6, 6.07) is 0. The van der Waals surface area contributed by atoms with Crippen LogP contribution in [0, 0.1) is 17.8 Å². The Morgan fingerprint density at radius 3 is 2.29 bits per heavy atom. The van der Waals surface area contributed by atoms with E-state index in [1.807, 2.05) is 0 Å². The highest BCUT2D eigenvalue weighted by atomic mass is 16.3. The molecule has 0 radical (unpaired) electrons. The van der Waals surface area contributed by atoms with Crippen LogP contribution in [0.4, 0.5) is 0 Å². The summed E-state index contributed by atoms with van der Waals surface area (Å²) in [5.41, 5.74) is 0. The van der Waals surface area contributed by atoms with Crippen LogP contribution in [-0.4, -0.2) is 37.3 Å². The fraction of sp³-hybridized carbons (Fsp3) is 0.941. The van der Waals surface area contributed by atoms with Crippen LogP contribution in [0.15, 0.2) is 4.99 Å². The monoisotopic (exact) mass is 299 g/mol. The molecule has 0 amide bonds. The van der Waals surface area contributed by atoms with E-state index in [0.29, 0.717) is 11.8 Å². The highest BCUT2D eigenvalue weighted by Crippen LogP contribution is 2.15. The Labute approximate surface area is 131 Å². The molecule has 0 aromatic heterocycles. The zero-order valence-electron chi connectivity index (χ0n) is 14.8. The molecular weight excluding hydrogens is 262 g/mol. The maximum absolute atomic E-state index is 9.16. The van der Waals surface area contributed by atoms with Crippen molar-refractivity contribution < 1.29 is 5.11 Å². The van der Waals surface area contributed by atoms with Gasteiger partial charge in [-0.1, -0.05) is 27.7 Å². The molecule has 1 atom stereocenters. The fourth-order valence-corrected chi connectivity index (χ4v) is 2.41. The first-order valence-electron chi connectivity index (χ1n) is 8.62. The predicted molar refractivity (Wildman–Crippen MR) is 92.7 cm³/mol. The number of aliphatic imine (C=N–C) groups is 1. The molecule has 0 aromatic rings. The quantitative estimate of drug-likeness (QED) is 0.312. The van der Waals surface area contributed by atoms with Crippen LogP contribution in [0.25, 0.3) is 0 Å². The van der Waals surface area contributed by atoms with Gasteiger partial charge in [0.15, 0.2) is 5.96 Å². The maximum atomic E-state index is 9.16. The van der Waals surface area contributed by atoms with Gasteiger partial charge in [-0.05, 0) is 50.4 Å². The van der Waals surface area contributed by atoms with E-state index in [0.717, 1.165) is 44.4 Å². The van der Waals surface area contributed by atoms with Crippen LogP contribution in [0.5, 0.6) is 0 Å². The summed E-state index contributed by atoms with van der Waals surface area (Å²) in [5, 5.41) is 15.9. The summed E-state index contributed by atoms with van der Waals surface area (Å²) < 4.78 is 0. The van der Waals surface area contributed by atoms with Gasteiger partial charge in [0, 0.05) is 26.2 Å². The molecule has 0 saturated heterocycles. The fourth-order valence-electron chi connectivity index (χ4n) is 2.41. The molecule has 4 heteroatoms. The van der Waals surface area contributed by atoms with Gasteiger partial charge in [0.1, 0.15) is 0 Å². The summed E-state index contributed by atoms with van der Waals surface area (Å²) in [4.78, 5) is 4.69. The van der Waals surface area contributed by atoms with Gasteiger partial charge in [-0.25, -0.2) is 0 Å². The standard InChI is InChI=1S/C17H37N3O/c1-6-18-17(19-10-7-8-14(2)3)20-13-16(9-11-21)12-15(4)5/h14-16,21H,6-13H2,1-5H3,(H2,18,19,20). The van der Waals surface area contributed by atoms with Crippen LogP contribution in [0.3, 0.4) is 0 Å². The van der Waals surface area contributed by atoms with Gasteiger partial charge in [0.25, 0.3) is 0 Å². The SMILES string of the molecule is CCNC(=NCC(CCO)CC(C)C)NCCCC(C)C. The molecule has 0 spiro atoms. The molecule has 126 valence electrons. The largest absolute Gasteiger partial charge is 0.396 e. The first kappa shape index (κ1) is 20.2. The van der Waals surface area contributed by atoms with Gasteiger partial charge in [0.2, 0.25) is 0 Å². The number of hydrogen-bond donors (Lipinski definition) is 3. The smallest absolute Gasteiger partial charge is 0.191 e. The number of hydrogen-bond acceptors (Lipinski definition) is 2. The van der Waals surface area contributed by atoms with Crippen LogP contribution < -0.4 is 10.6 Å². The minimum atomic E-state index is 0.255. The van der Waals surface area contributed by atoms with Crippen molar-refractivity contribution in [3.63, 3.8) is 0 Å². The van der Waals surface area contributed by atoms with E-state index in [9.17, 15) is 0 Å². The maximum Gasteiger partial charge on any atom is 0.191 e. The molecule has 0 aliphatic rings. The highest BCUT2D eigenvalue weighted by molar-refractivity contribution is 5.79. The summed E-state index contributed by atoms with van der Waals surface area (Å²) in [5.74, 6) is 2.79. The van der Waals surface area contributed by atoms with Crippen molar-refractivity contribution in [2.24, 2.45) is 22.7 Å². The Balaban J connectivity index is 4.26. The number of nitrogens with one attached hydrogen (secondary N) is 2. The van der Waals surface area contributed by atoms with E-state index >= 15 is 0 Å². The van der Waals surface area contributed by atoms with E-state index in [1.165, 1.54) is 12.8 Å². The lowest BCUT2D eigenvalue weighted by Crippen LogP contribution is -2.38. The lowest BCUT2D eigenvalue weighted by atomic mass is 9.94. The van der Waals surface area contributed by atoms with E-state index < -0.39 is 0 Å². The summed E-state index contributed by atoms with van der Waals surface area (Å²) in [6.07, 6.45) is 4.38. The van der Waals surface area contributed by atoms with Crippen molar-refractivity contribution in [1.29, 1.82) is 0 Å². The Kier molecular flexibility index (Phi) is 12.5. The second-order valence-corrected chi connectivity index (χ2v) is 6.69. The second kappa shape index (κ2) is 12.9. The molecule has 0 fully saturated rings. The number of guanidine groups is 1. The van der Waals surface area contributed by atoms with Crippen LogP contribution in [0.2, 0.25) is 0 Å². The van der Waals surface area contributed by atoms with Crippen molar-refractivity contribution in [3.8, 4) is 0 Å². The molecule has 0 aromatic carbocycles.